The van der Waals surface area contributed by atoms with Crippen LogP contribution in [0.15, 0.2) is 40.6 Å². The molecule has 0 aromatic heterocycles. The van der Waals surface area contributed by atoms with Crippen molar-refractivity contribution in [2.24, 2.45) is 4.99 Å². The van der Waals surface area contributed by atoms with Gasteiger partial charge in [0, 0.05) is 6.21 Å². The van der Waals surface area contributed by atoms with Gasteiger partial charge in [0.25, 0.3) is 0 Å². The first-order chi connectivity index (χ1) is 10.5. The molecule has 0 atom stereocenters. The van der Waals surface area contributed by atoms with Crippen molar-refractivity contribution < 1.29 is 24.2 Å². The zero-order valence-electron chi connectivity index (χ0n) is 12.8. The molecule has 1 rings (SSSR count). The van der Waals surface area contributed by atoms with Crippen LogP contribution >= 0.6 is 0 Å². The third-order valence-electron chi connectivity index (χ3n) is 2.61. The smallest absolute Gasteiger partial charge is 0.343 e. The Bertz CT molecular complexity index is 583. The van der Waals surface area contributed by atoms with Gasteiger partial charge in [-0.2, -0.15) is 0 Å². The number of aliphatic hydroxyl groups is 1. The van der Waals surface area contributed by atoms with Crippen molar-refractivity contribution in [1.82, 2.24) is 0 Å². The number of aliphatic imine (C=N–C) groups is 1. The Kier molecular flexibility index (Phi) is 6.82. The van der Waals surface area contributed by atoms with E-state index in [0.29, 0.717) is 17.9 Å². The quantitative estimate of drug-likeness (QED) is 0.378. The number of carbonyl (C=O) groups excluding carboxylic acids is 2. The molecule has 0 aliphatic carbocycles. The molecular weight excluding hydrogens is 286 g/mol. The fourth-order valence-corrected chi connectivity index (χ4v) is 1.54. The Morgan fingerprint density at radius 2 is 1.73 bits per heavy atom. The number of hydrogen-bond acceptors (Lipinski definition) is 6. The van der Waals surface area contributed by atoms with Crippen molar-refractivity contribution in [3.63, 3.8) is 0 Å². The molecule has 0 aliphatic heterocycles. The van der Waals surface area contributed by atoms with E-state index in [2.05, 4.69) is 4.99 Å². The molecule has 1 aromatic carbocycles. The second kappa shape index (κ2) is 8.61. The number of benzene rings is 1. The van der Waals surface area contributed by atoms with E-state index in [0.717, 1.165) is 0 Å². The summed E-state index contributed by atoms with van der Waals surface area (Å²) >= 11 is 0. The van der Waals surface area contributed by atoms with E-state index in [1.165, 1.54) is 13.1 Å². The number of rotatable bonds is 6. The van der Waals surface area contributed by atoms with Gasteiger partial charge in [-0.15, -0.1) is 0 Å². The Morgan fingerprint density at radius 3 is 2.23 bits per heavy atom. The van der Waals surface area contributed by atoms with Gasteiger partial charge in [0.1, 0.15) is 11.3 Å². The summed E-state index contributed by atoms with van der Waals surface area (Å²) in [6.07, 6.45) is 1.23. The molecule has 1 aromatic rings. The molecule has 0 unspecified atom stereocenters. The van der Waals surface area contributed by atoms with E-state index in [-0.39, 0.29) is 17.9 Å². The third kappa shape index (κ3) is 5.05. The van der Waals surface area contributed by atoms with Gasteiger partial charge in [0.2, 0.25) is 0 Å². The third-order valence-corrected chi connectivity index (χ3v) is 2.61. The van der Waals surface area contributed by atoms with Crippen LogP contribution in [-0.2, 0) is 14.3 Å². The predicted octanol–water partition coefficient (Wildman–Crippen LogP) is 2.96. The van der Waals surface area contributed by atoms with Crippen molar-refractivity contribution in [3.8, 4) is 0 Å². The molecule has 0 aliphatic rings. The monoisotopic (exact) mass is 305 g/mol. The highest BCUT2D eigenvalue weighted by Gasteiger charge is 2.12. The van der Waals surface area contributed by atoms with Gasteiger partial charge in [-0.3, -0.25) is 4.99 Å². The van der Waals surface area contributed by atoms with Crippen molar-refractivity contribution in [1.29, 1.82) is 0 Å². The highest BCUT2D eigenvalue weighted by Crippen LogP contribution is 2.14. The number of carbonyl (C=O) groups is 2. The van der Waals surface area contributed by atoms with Crippen molar-refractivity contribution >= 4 is 23.8 Å². The maximum Gasteiger partial charge on any atom is 0.343 e. The Balaban J connectivity index is 2.87. The Hall–Kier alpha value is -2.63. The summed E-state index contributed by atoms with van der Waals surface area (Å²) in [5, 5.41) is 9.49. The first-order valence-electron chi connectivity index (χ1n) is 6.87. The normalized spacial score (nSPS) is 12.0. The molecule has 0 heterocycles. The van der Waals surface area contributed by atoms with Crippen LogP contribution in [0.4, 0.5) is 5.69 Å². The summed E-state index contributed by atoms with van der Waals surface area (Å²) in [5.41, 5.74) is 0.924. The Labute approximate surface area is 129 Å². The zero-order valence-corrected chi connectivity index (χ0v) is 12.8. The van der Waals surface area contributed by atoms with Crippen LogP contribution in [0.5, 0.6) is 0 Å². The average Bonchev–Trinajstić information content (AvgIpc) is 2.48. The molecule has 0 saturated heterocycles. The van der Waals surface area contributed by atoms with Crippen molar-refractivity contribution in [2.75, 3.05) is 13.2 Å². The van der Waals surface area contributed by atoms with E-state index in [9.17, 15) is 14.7 Å². The van der Waals surface area contributed by atoms with Gasteiger partial charge in [0.15, 0.2) is 0 Å². The molecule has 0 amide bonds. The molecule has 22 heavy (non-hydrogen) atoms. The van der Waals surface area contributed by atoms with Gasteiger partial charge in [-0.05, 0) is 45.0 Å². The lowest BCUT2D eigenvalue weighted by molar-refractivity contribution is -0.138. The molecule has 0 saturated carbocycles. The van der Waals surface area contributed by atoms with Crippen LogP contribution in [0.1, 0.15) is 31.1 Å². The number of esters is 2. The molecule has 1 N–H and O–H groups in total. The number of nitrogens with zero attached hydrogens (tertiary/aromatic N) is 1. The van der Waals surface area contributed by atoms with Gasteiger partial charge in [-0.25, -0.2) is 9.59 Å². The summed E-state index contributed by atoms with van der Waals surface area (Å²) in [6, 6.07) is 6.37. The van der Waals surface area contributed by atoms with E-state index < -0.39 is 11.9 Å². The van der Waals surface area contributed by atoms with Gasteiger partial charge < -0.3 is 14.6 Å². The van der Waals surface area contributed by atoms with E-state index >= 15 is 0 Å². The van der Waals surface area contributed by atoms with Crippen LogP contribution in [0, 0.1) is 0 Å². The second-order valence-electron chi connectivity index (χ2n) is 4.25. The van der Waals surface area contributed by atoms with Gasteiger partial charge in [-0.1, -0.05) is 0 Å². The lowest BCUT2D eigenvalue weighted by Crippen LogP contribution is -2.10. The summed E-state index contributed by atoms with van der Waals surface area (Å²) in [5.74, 6) is -1.23. The molecule has 0 radical (unpaired) electrons. The van der Waals surface area contributed by atoms with Crippen LogP contribution in [-0.4, -0.2) is 36.5 Å². The fourth-order valence-electron chi connectivity index (χ4n) is 1.54. The molecule has 0 fully saturated rings. The first-order valence-corrected chi connectivity index (χ1v) is 6.87. The summed E-state index contributed by atoms with van der Waals surface area (Å²) in [6.45, 7) is 5.30. The summed E-state index contributed by atoms with van der Waals surface area (Å²) < 4.78 is 9.70. The van der Waals surface area contributed by atoms with Crippen LogP contribution in [0.3, 0.4) is 0 Å². The Morgan fingerprint density at radius 1 is 1.14 bits per heavy atom. The number of ether oxygens (including phenoxy) is 2. The van der Waals surface area contributed by atoms with Crippen molar-refractivity contribution in [2.45, 2.75) is 20.8 Å². The number of aliphatic hydroxyl groups excluding tert-OH is 1. The summed E-state index contributed by atoms with van der Waals surface area (Å²) in [7, 11) is 0. The largest absolute Gasteiger partial charge is 0.512 e. The van der Waals surface area contributed by atoms with E-state index in [4.69, 9.17) is 9.47 Å². The number of hydrogen-bond donors (Lipinski definition) is 1. The fraction of sp³-hybridized carbons (Fsp3) is 0.312. The minimum absolute atomic E-state index is 0.0173. The molecule has 0 bridgehead atoms. The van der Waals surface area contributed by atoms with E-state index in [1.807, 2.05) is 0 Å². The lowest BCUT2D eigenvalue weighted by atomic mass is 10.2. The summed E-state index contributed by atoms with van der Waals surface area (Å²) in [4.78, 5) is 27.2. The SMILES string of the molecule is CCOC(=O)C(C=Nc1ccc(C(=O)OCC)cc1)=C(C)O. The molecule has 6 nitrogen and oxygen atoms in total. The lowest BCUT2D eigenvalue weighted by Gasteiger charge is -2.03. The predicted molar refractivity (Wildman–Crippen MR) is 82.5 cm³/mol. The first kappa shape index (κ1) is 17.4. The highest BCUT2D eigenvalue weighted by molar-refractivity contribution is 6.10. The maximum atomic E-state index is 11.6. The minimum atomic E-state index is -0.644. The molecule has 0 spiro atoms. The maximum absolute atomic E-state index is 11.6. The van der Waals surface area contributed by atoms with Crippen LogP contribution < -0.4 is 0 Å². The topological polar surface area (TPSA) is 85.2 Å². The standard InChI is InChI=1S/C16H19NO5/c1-4-21-15(19)12-6-8-13(9-7-12)17-10-14(11(3)18)16(20)22-5-2/h6-10,18H,4-5H2,1-3H3. The molecular formula is C16H19NO5. The minimum Gasteiger partial charge on any atom is -0.512 e. The van der Waals surface area contributed by atoms with Crippen molar-refractivity contribution in [3.05, 3.63) is 41.2 Å². The zero-order chi connectivity index (χ0) is 16.5. The number of allylic oxidation sites excluding steroid dienone is 1. The molecule has 6 heteroatoms. The van der Waals surface area contributed by atoms with Crippen LogP contribution in [0.2, 0.25) is 0 Å². The average molecular weight is 305 g/mol. The molecule has 118 valence electrons. The van der Waals surface area contributed by atoms with Gasteiger partial charge in [0.05, 0.1) is 24.5 Å². The highest BCUT2D eigenvalue weighted by atomic mass is 16.5. The van der Waals surface area contributed by atoms with Crippen LogP contribution in [0.25, 0.3) is 0 Å². The van der Waals surface area contributed by atoms with E-state index in [1.54, 1.807) is 38.1 Å². The second-order valence-corrected chi connectivity index (χ2v) is 4.25. The van der Waals surface area contributed by atoms with Gasteiger partial charge >= 0.3 is 11.9 Å².